The van der Waals surface area contributed by atoms with E-state index in [1.165, 1.54) is 6.42 Å². The zero-order chi connectivity index (χ0) is 9.05. The zero-order valence-electron chi connectivity index (χ0n) is 7.92. The molecule has 2 N–H and O–H groups in total. The second-order valence-electron chi connectivity index (χ2n) is 4.68. The molecule has 0 amide bonds. The Morgan fingerprint density at radius 2 is 2.15 bits per heavy atom. The number of hydrogen-bond acceptors (Lipinski definition) is 2. The van der Waals surface area contributed by atoms with Crippen molar-refractivity contribution in [3.63, 3.8) is 0 Å². The Labute approximate surface area is 78.1 Å². The maximum Gasteiger partial charge on any atom is 0.124 e. The van der Waals surface area contributed by atoms with Crippen molar-refractivity contribution in [2.75, 3.05) is 0 Å². The highest BCUT2D eigenvalue weighted by atomic mass is 16.3. The van der Waals surface area contributed by atoms with Crippen molar-refractivity contribution in [1.82, 2.24) is 0 Å². The summed E-state index contributed by atoms with van der Waals surface area (Å²) in [5.41, 5.74) is 5.94. The quantitative estimate of drug-likeness (QED) is 0.753. The fourth-order valence-electron chi connectivity index (χ4n) is 1.92. The van der Waals surface area contributed by atoms with E-state index in [2.05, 4.69) is 19.1 Å². The summed E-state index contributed by atoms with van der Waals surface area (Å²) >= 11 is 0. The molecule has 0 saturated heterocycles. The molecule has 2 saturated carbocycles. The molecule has 2 aliphatic rings. The minimum atomic E-state index is -0.101. The molecule has 1 heterocycles. The van der Waals surface area contributed by atoms with Gasteiger partial charge in [-0.2, -0.15) is 0 Å². The summed E-state index contributed by atoms with van der Waals surface area (Å²) in [6.45, 7) is 2.27. The minimum Gasteiger partial charge on any atom is -0.464 e. The zero-order valence-corrected chi connectivity index (χ0v) is 7.92. The fourth-order valence-corrected chi connectivity index (χ4v) is 1.92. The Bertz CT molecular complexity index is 338. The summed E-state index contributed by atoms with van der Waals surface area (Å²) in [4.78, 5) is 0. The van der Waals surface area contributed by atoms with Crippen molar-refractivity contribution >= 4 is 0 Å². The van der Waals surface area contributed by atoms with Crippen LogP contribution in [0.15, 0.2) is 16.5 Å². The Kier molecular flexibility index (Phi) is 1.28. The van der Waals surface area contributed by atoms with Gasteiger partial charge in [0.15, 0.2) is 0 Å². The van der Waals surface area contributed by atoms with Crippen LogP contribution in [0.4, 0.5) is 0 Å². The number of rotatable bonds is 2. The van der Waals surface area contributed by atoms with E-state index in [4.69, 9.17) is 10.2 Å². The van der Waals surface area contributed by atoms with Crippen LogP contribution < -0.4 is 5.73 Å². The molecule has 0 radical (unpaired) electrons. The normalized spacial score (nSPS) is 34.6. The topological polar surface area (TPSA) is 39.2 Å². The molecule has 2 fully saturated rings. The monoisotopic (exact) mass is 177 g/mol. The number of hydrogen-bond donors (Lipinski definition) is 1. The highest BCUT2D eigenvalue weighted by Gasteiger charge is 2.44. The van der Waals surface area contributed by atoms with Gasteiger partial charge in [-0.25, -0.2) is 0 Å². The van der Waals surface area contributed by atoms with Gasteiger partial charge in [0.05, 0.1) is 5.54 Å². The van der Waals surface area contributed by atoms with Crippen molar-refractivity contribution in [1.29, 1.82) is 0 Å². The molecule has 1 aromatic rings. The molecule has 70 valence electrons. The lowest BCUT2D eigenvalue weighted by Crippen LogP contribution is -2.17. The minimum absolute atomic E-state index is 0.101. The summed E-state index contributed by atoms with van der Waals surface area (Å²) in [6, 6.07) is 4.17. The molecule has 13 heavy (non-hydrogen) atoms. The standard InChI is InChI=1S/C11H15NO/c1-7-6-8(7)9-2-3-10(13-9)11(12)4-5-11/h2-3,7-8H,4-6,12H2,1H3. The molecular weight excluding hydrogens is 162 g/mol. The summed E-state index contributed by atoms with van der Waals surface area (Å²) in [7, 11) is 0. The van der Waals surface area contributed by atoms with Crippen LogP contribution >= 0.6 is 0 Å². The van der Waals surface area contributed by atoms with Crippen LogP contribution in [-0.2, 0) is 5.54 Å². The van der Waals surface area contributed by atoms with Gasteiger partial charge in [0.1, 0.15) is 11.5 Å². The van der Waals surface area contributed by atoms with Gasteiger partial charge in [0.2, 0.25) is 0 Å². The molecule has 0 bridgehead atoms. The Morgan fingerprint density at radius 3 is 2.69 bits per heavy atom. The van der Waals surface area contributed by atoms with Gasteiger partial charge < -0.3 is 10.2 Å². The van der Waals surface area contributed by atoms with Crippen LogP contribution in [0, 0.1) is 5.92 Å². The van der Waals surface area contributed by atoms with Crippen LogP contribution in [0.1, 0.15) is 43.6 Å². The fraction of sp³-hybridized carbons (Fsp3) is 0.636. The van der Waals surface area contributed by atoms with Crippen molar-refractivity contribution in [2.24, 2.45) is 11.7 Å². The highest BCUT2D eigenvalue weighted by Crippen LogP contribution is 2.50. The van der Waals surface area contributed by atoms with Gasteiger partial charge in [0, 0.05) is 5.92 Å². The van der Waals surface area contributed by atoms with Gasteiger partial charge in [-0.15, -0.1) is 0 Å². The maximum absolute atomic E-state index is 6.04. The lowest BCUT2D eigenvalue weighted by atomic mass is 10.2. The smallest absolute Gasteiger partial charge is 0.124 e. The van der Waals surface area contributed by atoms with Crippen LogP contribution in [0.2, 0.25) is 0 Å². The predicted octanol–water partition coefficient (Wildman–Crippen LogP) is 2.35. The Hall–Kier alpha value is -0.760. The summed E-state index contributed by atoms with van der Waals surface area (Å²) < 4.78 is 5.78. The maximum atomic E-state index is 6.04. The number of furan rings is 1. The molecule has 3 rings (SSSR count). The average Bonchev–Trinajstić information content (AvgIpc) is 2.97. The van der Waals surface area contributed by atoms with E-state index in [1.54, 1.807) is 0 Å². The molecule has 2 nitrogen and oxygen atoms in total. The van der Waals surface area contributed by atoms with Crippen molar-refractivity contribution in [2.45, 2.75) is 37.6 Å². The van der Waals surface area contributed by atoms with E-state index in [9.17, 15) is 0 Å². The van der Waals surface area contributed by atoms with E-state index < -0.39 is 0 Å². The summed E-state index contributed by atoms with van der Waals surface area (Å²) in [5.74, 6) is 3.64. The van der Waals surface area contributed by atoms with Crippen LogP contribution in [0.25, 0.3) is 0 Å². The van der Waals surface area contributed by atoms with Gasteiger partial charge in [0.25, 0.3) is 0 Å². The third kappa shape index (κ3) is 1.12. The SMILES string of the molecule is CC1CC1c1ccc(C2(N)CC2)o1. The number of nitrogens with two attached hydrogens (primary N) is 1. The van der Waals surface area contributed by atoms with Gasteiger partial charge in [-0.05, 0) is 37.3 Å². The van der Waals surface area contributed by atoms with Gasteiger partial charge >= 0.3 is 0 Å². The first kappa shape index (κ1) is 7.63. The summed E-state index contributed by atoms with van der Waals surface area (Å²) in [5, 5.41) is 0. The van der Waals surface area contributed by atoms with Crippen molar-refractivity contribution in [3.8, 4) is 0 Å². The van der Waals surface area contributed by atoms with Crippen molar-refractivity contribution < 1.29 is 4.42 Å². The predicted molar refractivity (Wildman–Crippen MR) is 50.3 cm³/mol. The van der Waals surface area contributed by atoms with Crippen LogP contribution in [-0.4, -0.2) is 0 Å². The molecule has 0 aliphatic heterocycles. The third-order valence-corrected chi connectivity index (χ3v) is 3.38. The van der Waals surface area contributed by atoms with Gasteiger partial charge in [-0.3, -0.25) is 0 Å². The molecule has 1 aromatic heterocycles. The molecule has 2 aliphatic carbocycles. The van der Waals surface area contributed by atoms with Gasteiger partial charge in [-0.1, -0.05) is 6.92 Å². The first-order chi connectivity index (χ1) is 6.19. The largest absolute Gasteiger partial charge is 0.464 e. The van der Waals surface area contributed by atoms with E-state index in [-0.39, 0.29) is 5.54 Å². The Balaban J connectivity index is 1.86. The van der Waals surface area contributed by atoms with E-state index >= 15 is 0 Å². The van der Waals surface area contributed by atoms with Crippen molar-refractivity contribution in [3.05, 3.63) is 23.7 Å². The molecule has 0 spiro atoms. The Morgan fingerprint density at radius 1 is 1.46 bits per heavy atom. The van der Waals surface area contributed by atoms with Crippen LogP contribution in [0.3, 0.4) is 0 Å². The highest BCUT2D eigenvalue weighted by molar-refractivity contribution is 5.25. The lowest BCUT2D eigenvalue weighted by molar-refractivity contribution is 0.422. The molecule has 2 unspecified atom stereocenters. The lowest BCUT2D eigenvalue weighted by Gasteiger charge is -2.02. The molecule has 2 atom stereocenters. The molecule has 0 aromatic carbocycles. The van der Waals surface area contributed by atoms with E-state index in [1.807, 2.05) is 0 Å². The van der Waals surface area contributed by atoms with E-state index in [0.717, 1.165) is 30.3 Å². The first-order valence-corrected chi connectivity index (χ1v) is 5.08. The molecular formula is C11H15NO. The van der Waals surface area contributed by atoms with E-state index in [0.29, 0.717) is 5.92 Å². The second kappa shape index (κ2) is 2.18. The molecule has 2 heteroatoms. The average molecular weight is 177 g/mol. The second-order valence-corrected chi connectivity index (χ2v) is 4.68. The third-order valence-electron chi connectivity index (χ3n) is 3.38. The van der Waals surface area contributed by atoms with Crippen LogP contribution in [0.5, 0.6) is 0 Å². The first-order valence-electron chi connectivity index (χ1n) is 5.08. The summed E-state index contributed by atoms with van der Waals surface area (Å²) in [6.07, 6.45) is 3.45.